The molecule has 0 spiro atoms. The number of hydrogen-bond acceptors (Lipinski definition) is 3. The molecule has 3 N–H and O–H groups in total. The lowest BCUT2D eigenvalue weighted by molar-refractivity contribution is -0.886. The van der Waals surface area contributed by atoms with Crippen LogP contribution in [0.15, 0.2) is 12.3 Å². The number of allylic oxidation sites excluding steroid dienone is 1. The first-order valence-corrected chi connectivity index (χ1v) is 13.3. The molecule has 0 aliphatic heterocycles. The molecule has 0 aliphatic carbocycles. The monoisotopic (exact) mass is 484 g/mol. The Morgan fingerprint density at radius 3 is 1.26 bits per heavy atom. The standard InChI is InChI=1S/C27H49NO6/c1-5-6-7-8-9-10-11-12-13-14-15-16-17-18-28(19-22(2)25(29)30,20-23(3)26(31)32)21-24(4)27(33)34/h17-18,22-24H,5-16,19-21H2,1-4H3,(H2-,29,30,31,32,33,34)/p+1/b18-17+. The first-order chi connectivity index (χ1) is 16.0. The van der Waals surface area contributed by atoms with E-state index in [-0.39, 0.29) is 24.1 Å². The predicted octanol–water partition coefficient (Wildman–Crippen LogP) is 6.18. The maximum Gasteiger partial charge on any atom is 0.311 e. The summed E-state index contributed by atoms with van der Waals surface area (Å²) in [6, 6.07) is 0. The van der Waals surface area contributed by atoms with Crippen molar-refractivity contribution in [3.63, 3.8) is 0 Å². The number of carboxylic acid groups (broad SMARTS) is 3. The molecule has 34 heavy (non-hydrogen) atoms. The van der Waals surface area contributed by atoms with Crippen LogP contribution in [0.1, 0.15) is 105 Å². The Hall–Kier alpha value is -1.89. The Morgan fingerprint density at radius 1 is 0.618 bits per heavy atom. The third kappa shape index (κ3) is 15.1. The van der Waals surface area contributed by atoms with Gasteiger partial charge in [0.25, 0.3) is 0 Å². The van der Waals surface area contributed by atoms with Gasteiger partial charge < -0.3 is 15.3 Å². The van der Waals surface area contributed by atoms with E-state index >= 15 is 0 Å². The van der Waals surface area contributed by atoms with E-state index in [0.717, 1.165) is 19.3 Å². The van der Waals surface area contributed by atoms with Gasteiger partial charge in [0, 0.05) is 0 Å². The van der Waals surface area contributed by atoms with Crippen LogP contribution in [0.2, 0.25) is 0 Å². The van der Waals surface area contributed by atoms with Crippen molar-refractivity contribution in [2.75, 3.05) is 19.6 Å². The fraction of sp³-hybridized carbons (Fsp3) is 0.815. The van der Waals surface area contributed by atoms with Gasteiger partial charge in [-0.3, -0.25) is 18.9 Å². The molecule has 0 aromatic rings. The molecule has 3 unspecified atom stereocenters. The number of hydrogen-bond donors (Lipinski definition) is 3. The predicted molar refractivity (Wildman–Crippen MR) is 135 cm³/mol. The van der Waals surface area contributed by atoms with Gasteiger partial charge in [-0.05, 0) is 39.7 Å². The molecule has 0 saturated carbocycles. The van der Waals surface area contributed by atoms with Crippen molar-refractivity contribution >= 4 is 17.9 Å². The van der Waals surface area contributed by atoms with Crippen LogP contribution < -0.4 is 0 Å². The van der Waals surface area contributed by atoms with Crippen LogP contribution in [0, 0.1) is 17.8 Å². The van der Waals surface area contributed by atoms with Crippen molar-refractivity contribution in [1.29, 1.82) is 0 Å². The summed E-state index contributed by atoms with van der Waals surface area (Å²) >= 11 is 0. The second kappa shape index (κ2) is 18.4. The molecule has 0 radical (unpaired) electrons. The molecule has 3 atom stereocenters. The maximum atomic E-state index is 11.5. The van der Waals surface area contributed by atoms with Crippen molar-refractivity contribution in [3.05, 3.63) is 12.3 Å². The van der Waals surface area contributed by atoms with E-state index in [1.165, 1.54) is 57.8 Å². The summed E-state index contributed by atoms with van der Waals surface area (Å²) in [7, 11) is 0. The molecule has 0 saturated heterocycles. The number of rotatable bonds is 22. The summed E-state index contributed by atoms with van der Waals surface area (Å²) in [6.45, 7) is 7.49. The molecule has 0 rings (SSSR count). The minimum atomic E-state index is -0.966. The van der Waals surface area contributed by atoms with E-state index in [2.05, 4.69) is 6.92 Å². The van der Waals surface area contributed by atoms with Crippen LogP contribution in [0.4, 0.5) is 0 Å². The molecule has 7 heteroatoms. The van der Waals surface area contributed by atoms with Crippen molar-refractivity contribution < 1.29 is 34.2 Å². The van der Waals surface area contributed by atoms with E-state index in [4.69, 9.17) is 0 Å². The zero-order valence-corrected chi connectivity index (χ0v) is 22.0. The van der Waals surface area contributed by atoms with E-state index in [1.807, 2.05) is 12.3 Å². The quantitative estimate of drug-likeness (QED) is 0.125. The topological polar surface area (TPSA) is 112 Å². The van der Waals surface area contributed by atoms with E-state index in [1.54, 1.807) is 20.8 Å². The van der Waals surface area contributed by atoms with Crippen LogP contribution in [0.25, 0.3) is 0 Å². The molecule has 0 bridgehead atoms. The van der Waals surface area contributed by atoms with E-state index in [9.17, 15) is 29.7 Å². The Kier molecular flexibility index (Phi) is 17.4. The van der Waals surface area contributed by atoms with E-state index < -0.39 is 35.7 Å². The minimum Gasteiger partial charge on any atom is -0.481 e. The van der Waals surface area contributed by atoms with Crippen LogP contribution in [-0.4, -0.2) is 57.3 Å². The summed E-state index contributed by atoms with van der Waals surface area (Å²) in [5.41, 5.74) is 0. The maximum absolute atomic E-state index is 11.5. The minimum absolute atomic E-state index is 0.0480. The zero-order chi connectivity index (χ0) is 26.0. The average molecular weight is 485 g/mol. The van der Waals surface area contributed by atoms with E-state index in [0.29, 0.717) is 0 Å². The lowest BCUT2D eigenvalue weighted by atomic mass is 10.0. The Balaban J connectivity index is 4.87. The highest BCUT2D eigenvalue weighted by molar-refractivity contribution is 5.70. The largest absolute Gasteiger partial charge is 0.481 e. The molecule has 0 aromatic heterocycles. The fourth-order valence-electron chi connectivity index (χ4n) is 4.50. The van der Waals surface area contributed by atoms with Gasteiger partial charge in [0.15, 0.2) is 0 Å². The van der Waals surface area contributed by atoms with Crippen molar-refractivity contribution in [3.8, 4) is 0 Å². The Bertz CT molecular complexity index is 563. The highest BCUT2D eigenvalue weighted by atomic mass is 16.4. The number of carbonyl (C=O) groups is 3. The summed E-state index contributed by atoms with van der Waals surface area (Å²) in [6.07, 6.45) is 18.5. The summed E-state index contributed by atoms with van der Waals surface area (Å²) in [4.78, 5) is 34.6. The second-order valence-electron chi connectivity index (χ2n) is 10.2. The van der Waals surface area contributed by atoms with Crippen LogP contribution in [-0.2, 0) is 14.4 Å². The van der Waals surface area contributed by atoms with Crippen molar-refractivity contribution in [2.24, 2.45) is 17.8 Å². The second-order valence-corrected chi connectivity index (χ2v) is 10.2. The normalized spacial score (nSPS) is 16.1. The van der Waals surface area contributed by atoms with Crippen molar-refractivity contribution in [1.82, 2.24) is 0 Å². The zero-order valence-electron chi connectivity index (χ0n) is 22.0. The molecule has 0 fully saturated rings. The Morgan fingerprint density at radius 2 is 0.941 bits per heavy atom. The first kappa shape index (κ1) is 32.1. The summed E-state index contributed by atoms with van der Waals surface area (Å²) in [5.74, 6) is -5.04. The molecular weight excluding hydrogens is 434 g/mol. The van der Waals surface area contributed by atoms with Gasteiger partial charge in [0.05, 0.1) is 25.8 Å². The summed E-state index contributed by atoms with van der Waals surface area (Å²) in [5, 5.41) is 28.3. The third-order valence-electron chi connectivity index (χ3n) is 6.57. The molecule has 0 amide bonds. The number of nitrogens with zero attached hydrogens (tertiary/aromatic N) is 1. The van der Waals surface area contributed by atoms with Gasteiger partial charge in [-0.15, -0.1) is 0 Å². The molecule has 198 valence electrons. The molecule has 0 aromatic carbocycles. The lowest BCUT2D eigenvalue weighted by Crippen LogP contribution is -2.53. The highest BCUT2D eigenvalue weighted by Gasteiger charge is 2.37. The van der Waals surface area contributed by atoms with Gasteiger partial charge in [-0.1, -0.05) is 71.1 Å². The molecule has 0 heterocycles. The smallest absolute Gasteiger partial charge is 0.311 e. The van der Waals surface area contributed by atoms with Crippen LogP contribution >= 0.6 is 0 Å². The SMILES string of the molecule is CCCCCCCCCCCCC/C=C/[N+](CC(C)C(=O)O)(CC(C)C(=O)O)CC(C)C(=O)O. The fourth-order valence-corrected chi connectivity index (χ4v) is 4.50. The Labute approximate surface area is 206 Å². The van der Waals surface area contributed by atoms with Gasteiger partial charge in [-0.2, -0.15) is 0 Å². The van der Waals surface area contributed by atoms with Crippen LogP contribution in [0.5, 0.6) is 0 Å². The molecular formula is C27H50NO6+. The van der Waals surface area contributed by atoms with Gasteiger partial charge in [0.1, 0.15) is 17.8 Å². The van der Waals surface area contributed by atoms with Gasteiger partial charge in [-0.25, -0.2) is 0 Å². The lowest BCUT2D eigenvalue weighted by Gasteiger charge is -2.38. The number of unbranched alkanes of at least 4 members (excludes halogenated alkanes) is 11. The number of quaternary nitrogens is 1. The first-order valence-electron chi connectivity index (χ1n) is 13.3. The number of carboxylic acids is 3. The van der Waals surface area contributed by atoms with Crippen molar-refractivity contribution in [2.45, 2.75) is 105 Å². The van der Waals surface area contributed by atoms with Gasteiger partial charge >= 0.3 is 17.9 Å². The van der Waals surface area contributed by atoms with Gasteiger partial charge in [0.2, 0.25) is 0 Å². The van der Waals surface area contributed by atoms with Crippen LogP contribution in [0.3, 0.4) is 0 Å². The summed E-state index contributed by atoms with van der Waals surface area (Å²) < 4.78 is 0.0480. The third-order valence-corrected chi connectivity index (χ3v) is 6.57. The molecule has 7 nitrogen and oxygen atoms in total. The average Bonchev–Trinajstić information content (AvgIpc) is 2.76. The highest BCUT2D eigenvalue weighted by Crippen LogP contribution is 2.22. The number of aliphatic carboxylic acids is 3. The molecule has 0 aliphatic rings.